The monoisotopic (exact) mass is 403 g/mol. The maximum Gasteiger partial charge on any atom is 1.00 e. The van der Waals surface area contributed by atoms with Crippen LogP contribution in [0.2, 0.25) is 5.02 Å². The molecule has 1 atom stereocenters. The number of aliphatic carboxylic acids is 1. The number of halogens is 1. The SMILES string of the molecule is O=C([O-])CCC(NC(=O)OCOC(=O)c1ccco1)c1ccc(Cl)cc1.[Na+]. The summed E-state index contributed by atoms with van der Waals surface area (Å²) < 4.78 is 14.3. The third-order valence-corrected chi connectivity index (χ3v) is 3.56. The number of esters is 1. The van der Waals surface area contributed by atoms with Crippen LogP contribution in [0.5, 0.6) is 0 Å². The zero-order chi connectivity index (χ0) is 18.9. The summed E-state index contributed by atoms with van der Waals surface area (Å²) in [5, 5.41) is 13.7. The van der Waals surface area contributed by atoms with Crippen molar-refractivity contribution in [1.82, 2.24) is 5.32 Å². The van der Waals surface area contributed by atoms with Crippen LogP contribution < -0.4 is 40.0 Å². The number of benzene rings is 1. The second-order valence-corrected chi connectivity index (χ2v) is 5.55. The molecule has 0 aliphatic carbocycles. The van der Waals surface area contributed by atoms with Crippen molar-refractivity contribution in [2.45, 2.75) is 18.9 Å². The second-order valence-electron chi connectivity index (χ2n) is 5.12. The molecule has 0 aliphatic heterocycles. The summed E-state index contributed by atoms with van der Waals surface area (Å²) in [4.78, 5) is 34.1. The Labute approximate surface area is 182 Å². The number of nitrogens with one attached hydrogen (secondary N) is 1. The van der Waals surface area contributed by atoms with Crippen molar-refractivity contribution in [3.8, 4) is 0 Å². The molecule has 138 valence electrons. The van der Waals surface area contributed by atoms with Crippen LogP contribution in [-0.4, -0.2) is 24.8 Å². The molecule has 1 unspecified atom stereocenters. The Hall–Kier alpha value is -2.00. The smallest absolute Gasteiger partial charge is 0.550 e. The Morgan fingerprint density at radius 1 is 1.15 bits per heavy atom. The van der Waals surface area contributed by atoms with E-state index in [4.69, 9.17) is 25.5 Å². The van der Waals surface area contributed by atoms with Crippen molar-refractivity contribution in [1.29, 1.82) is 0 Å². The molecule has 0 aliphatic rings. The van der Waals surface area contributed by atoms with Crippen molar-refractivity contribution >= 4 is 29.6 Å². The Bertz CT molecular complexity index is 749. The van der Waals surface area contributed by atoms with Crippen LogP contribution in [0.15, 0.2) is 47.1 Å². The molecule has 8 nitrogen and oxygen atoms in total. The predicted molar refractivity (Wildman–Crippen MR) is 87.0 cm³/mol. The van der Waals surface area contributed by atoms with Gasteiger partial charge in [0.25, 0.3) is 0 Å². The molecular weight excluding hydrogens is 389 g/mol. The van der Waals surface area contributed by atoms with E-state index in [9.17, 15) is 19.5 Å². The largest absolute Gasteiger partial charge is 1.00 e. The number of carboxylic acids is 1. The van der Waals surface area contributed by atoms with E-state index in [2.05, 4.69) is 5.32 Å². The number of ether oxygens (including phenoxy) is 2. The summed E-state index contributed by atoms with van der Waals surface area (Å²) in [7, 11) is 0. The molecule has 27 heavy (non-hydrogen) atoms. The van der Waals surface area contributed by atoms with Gasteiger partial charge >= 0.3 is 41.6 Å². The summed E-state index contributed by atoms with van der Waals surface area (Å²) in [6.07, 6.45) is 0.250. The molecule has 0 saturated carbocycles. The predicted octanol–water partition coefficient (Wildman–Crippen LogP) is -0.951. The number of hydrogen-bond donors (Lipinski definition) is 1. The first-order chi connectivity index (χ1) is 12.5. The average molecular weight is 404 g/mol. The fourth-order valence-electron chi connectivity index (χ4n) is 2.07. The zero-order valence-electron chi connectivity index (χ0n) is 14.5. The Morgan fingerprint density at radius 3 is 2.44 bits per heavy atom. The Kier molecular flexibility index (Phi) is 9.95. The number of furan rings is 1. The molecule has 0 bridgehead atoms. The summed E-state index contributed by atoms with van der Waals surface area (Å²) in [5.74, 6) is -2.05. The number of hydrogen-bond acceptors (Lipinski definition) is 7. The topological polar surface area (TPSA) is 118 Å². The van der Waals surface area contributed by atoms with Crippen LogP contribution in [0, 0.1) is 0 Å². The summed E-state index contributed by atoms with van der Waals surface area (Å²) in [5.41, 5.74) is 0.639. The Balaban J connectivity index is 0.00000364. The van der Waals surface area contributed by atoms with Crippen molar-refractivity contribution in [3.05, 3.63) is 59.0 Å². The number of carboxylic acid groups (broad SMARTS) is 1. The normalized spacial score (nSPS) is 11.0. The Morgan fingerprint density at radius 2 is 1.85 bits per heavy atom. The van der Waals surface area contributed by atoms with Gasteiger partial charge < -0.3 is 29.1 Å². The van der Waals surface area contributed by atoms with E-state index in [1.165, 1.54) is 18.4 Å². The molecule has 0 fully saturated rings. The van der Waals surface area contributed by atoms with Gasteiger partial charge in [0, 0.05) is 11.0 Å². The molecule has 2 rings (SSSR count). The number of carbonyl (C=O) groups is 3. The van der Waals surface area contributed by atoms with Crippen LogP contribution in [0.25, 0.3) is 0 Å². The van der Waals surface area contributed by atoms with Gasteiger partial charge in [0.05, 0.1) is 12.3 Å². The maximum atomic E-state index is 11.9. The minimum Gasteiger partial charge on any atom is -0.550 e. The summed E-state index contributed by atoms with van der Waals surface area (Å²) in [6, 6.07) is 8.80. The number of carbonyl (C=O) groups excluding carboxylic acids is 3. The third-order valence-electron chi connectivity index (χ3n) is 3.30. The van der Waals surface area contributed by atoms with Crippen LogP contribution in [-0.2, 0) is 14.3 Å². The van der Waals surface area contributed by atoms with Crippen LogP contribution in [0.3, 0.4) is 0 Å². The first-order valence-electron chi connectivity index (χ1n) is 7.55. The minimum atomic E-state index is -1.24. The van der Waals surface area contributed by atoms with Gasteiger partial charge in [-0.3, -0.25) is 0 Å². The van der Waals surface area contributed by atoms with E-state index in [1.807, 2.05) is 0 Å². The van der Waals surface area contributed by atoms with E-state index in [1.54, 1.807) is 24.3 Å². The first-order valence-corrected chi connectivity index (χ1v) is 7.92. The van der Waals surface area contributed by atoms with Crippen LogP contribution in [0.4, 0.5) is 4.79 Å². The molecule has 1 aromatic heterocycles. The fourth-order valence-corrected chi connectivity index (χ4v) is 2.19. The van der Waals surface area contributed by atoms with Gasteiger partial charge in [0.1, 0.15) is 0 Å². The van der Waals surface area contributed by atoms with E-state index < -0.39 is 30.9 Å². The molecular formula is C17H15ClNNaO7. The molecule has 0 saturated heterocycles. The molecule has 1 N–H and O–H groups in total. The minimum absolute atomic E-state index is 0. The third kappa shape index (κ3) is 8.04. The van der Waals surface area contributed by atoms with Crippen molar-refractivity contribution in [3.63, 3.8) is 0 Å². The van der Waals surface area contributed by atoms with E-state index in [0.717, 1.165) is 0 Å². The number of alkyl carbamates (subject to hydrolysis) is 1. The summed E-state index contributed by atoms with van der Waals surface area (Å²) in [6.45, 7) is -0.626. The van der Waals surface area contributed by atoms with Gasteiger partial charge in [-0.2, -0.15) is 0 Å². The van der Waals surface area contributed by atoms with Crippen molar-refractivity contribution in [2.75, 3.05) is 6.79 Å². The van der Waals surface area contributed by atoms with E-state index in [0.29, 0.717) is 10.6 Å². The number of amides is 1. The van der Waals surface area contributed by atoms with Crippen LogP contribution in [0.1, 0.15) is 35.0 Å². The van der Waals surface area contributed by atoms with Gasteiger partial charge in [-0.25, -0.2) is 9.59 Å². The van der Waals surface area contributed by atoms with E-state index in [-0.39, 0.29) is 48.2 Å². The quantitative estimate of drug-likeness (QED) is 0.343. The van der Waals surface area contributed by atoms with Gasteiger partial charge in [-0.1, -0.05) is 23.7 Å². The number of rotatable bonds is 8. The van der Waals surface area contributed by atoms with Gasteiger partial charge in [0.15, 0.2) is 0 Å². The van der Waals surface area contributed by atoms with Gasteiger partial charge in [0.2, 0.25) is 12.6 Å². The standard InChI is InChI=1S/C17H16ClNO7.Na/c18-12-5-3-11(4-6-12)13(7-8-15(20)21)19-17(23)26-10-25-16(22)14-2-1-9-24-14;/h1-6,9,13H,7-8,10H2,(H,19,23)(H,20,21);/q;+1/p-1. The van der Waals surface area contributed by atoms with Crippen molar-refractivity contribution in [2.24, 2.45) is 0 Å². The molecule has 0 radical (unpaired) electrons. The fraction of sp³-hybridized carbons (Fsp3) is 0.235. The summed E-state index contributed by atoms with van der Waals surface area (Å²) >= 11 is 5.82. The van der Waals surface area contributed by atoms with E-state index >= 15 is 0 Å². The molecule has 1 aromatic carbocycles. The van der Waals surface area contributed by atoms with Gasteiger partial charge in [-0.05, 0) is 42.7 Å². The first kappa shape index (κ1) is 23.0. The molecule has 1 amide bonds. The van der Waals surface area contributed by atoms with Crippen LogP contribution >= 0.6 is 11.6 Å². The molecule has 0 spiro atoms. The van der Waals surface area contributed by atoms with Gasteiger partial charge in [-0.15, -0.1) is 0 Å². The van der Waals surface area contributed by atoms with Crippen molar-refractivity contribution < 1.29 is 62.9 Å². The molecule has 10 heteroatoms. The molecule has 2 aromatic rings. The molecule has 1 heterocycles. The zero-order valence-corrected chi connectivity index (χ0v) is 17.2. The maximum absolute atomic E-state index is 11.9. The second kappa shape index (κ2) is 11.7. The average Bonchev–Trinajstić information content (AvgIpc) is 3.14.